The van der Waals surface area contributed by atoms with Crippen LogP contribution in [0.3, 0.4) is 0 Å². The monoisotopic (exact) mass is 261 g/mol. The van der Waals surface area contributed by atoms with E-state index in [2.05, 4.69) is 27.7 Å². The highest BCUT2D eigenvalue weighted by Crippen LogP contribution is 2.45. The zero-order valence-corrected chi connectivity index (χ0v) is 11.8. The molecule has 1 aromatic carbocycles. The van der Waals surface area contributed by atoms with E-state index < -0.39 is 0 Å². The van der Waals surface area contributed by atoms with Crippen LogP contribution in [0.1, 0.15) is 24.8 Å². The summed E-state index contributed by atoms with van der Waals surface area (Å²) < 4.78 is 0. The Morgan fingerprint density at radius 3 is 2.53 bits per heavy atom. The Morgan fingerprint density at radius 2 is 1.95 bits per heavy atom. The maximum absolute atomic E-state index is 11.9. The molecule has 1 fully saturated rings. The highest BCUT2D eigenvalue weighted by Gasteiger charge is 2.45. The second-order valence-corrected chi connectivity index (χ2v) is 5.49. The van der Waals surface area contributed by atoms with Crippen molar-refractivity contribution in [2.75, 3.05) is 27.2 Å². The number of urea groups is 1. The van der Waals surface area contributed by atoms with E-state index in [1.807, 2.05) is 32.3 Å². The molecule has 2 rings (SSSR count). The second-order valence-electron chi connectivity index (χ2n) is 5.49. The molecule has 1 saturated carbocycles. The first-order valence-electron chi connectivity index (χ1n) is 6.89. The van der Waals surface area contributed by atoms with Gasteiger partial charge in [0, 0.05) is 6.54 Å². The van der Waals surface area contributed by atoms with E-state index in [0.717, 1.165) is 32.4 Å². The lowest BCUT2D eigenvalue weighted by molar-refractivity contribution is 0.235. The quantitative estimate of drug-likeness (QED) is 0.769. The fraction of sp³-hybridized carbons (Fsp3) is 0.533. The van der Waals surface area contributed by atoms with E-state index in [9.17, 15) is 4.79 Å². The molecule has 0 unspecified atom stereocenters. The lowest BCUT2D eigenvalue weighted by atomic mass is 10.1. The van der Waals surface area contributed by atoms with Gasteiger partial charge in [-0.1, -0.05) is 30.3 Å². The molecule has 0 aromatic heterocycles. The predicted octanol–water partition coefficient (Wildman–Crippen LogP) is 1.93. The van der Waals surface area contributed by atoms with Crippen LogP contribution in [-0.4, -0.2) is 38.1 Å². The summed E-state index contributed by atoms with van der Waals surface area (Å²) in [5.41, 5.74) is 1.09. The van der Waals surface area contributed by atoms with Crippen molar-refractivity contribution in [1.82, 2.24) is 15.5 Å². The van der Waals surface area contributed by atoms with Crippen molar-refractivity contribution in [2.45, 2.75) is 24.8 Å². The normalized spacial score (nSPS) is 16.2. The first-order valence-corrected chi connectivity index (χ1v) is 6.89. The number of nitrogens with one attached hydrogen (secondary N) is 2. The Balaban J connectivity index is 1.77. The molecule has 0 saturated heterocycles. The zero-order valence-electron chi connectivity index (χ0n) is 11.8. The minimum atomic E-state index is -0.118. The molecule has 0 radical (unpaired) electrons. The van der Waals surface area contributed by atoms with Crippen LogP contribution in [0.2, 0.25) is 0 Å². The summed E-state index contributed by atoms with van der Waals surface area (Å²) in [6, 6.07) is 10.2. The van der Waals surface area contributed by atoms with Gasteiger partial charge in [0.1, 0.15) is 0 Å². The Hall–Kier alpha value is -1.55. The Labute approximate surface area is 115 Å². The minimum absolute atomic E-state index is 0.0555. The van der Waals surface area contributed by atoms with Crippen molar-refractivity contribution < 1.29 is 4.79 Å². The largest absolute Gasteiger partial charge is 0.338 e. The zero-order chi connectivity index (χ0) is 13.7. The summed E-state index contributed by atoms with van der Waals surface area (Å²) in [6.45, 7) is 1.71. The highest BCUT2D eigenvalue weighted by molar-refractivity contribution is 5.75. The molecule has 4 nitrogen and oxygen atoms in total. The van der Waals surface area contributed by atoms with Gasteiger partial charge in [-0.2, -0.15) is 0 Å². The number of carbonyl (C=O) groups is 1. The Morgan fingerprint density at radius 1 is 1.26 bits per heavy atom. The number of rotatable bonds is 6. The number of hydrogen-bond donors (Lipinski definition) is 2. The molecule has 0 atom stereocenters. The van der Waals surface area contributed by atoms with Gasteiger partial charge >= 0.3 is 6.03 Å². The molecule has 104 valence electrons. The SMILES string of the molecule is CN(C)CCCNC(=O)NC1(c2ccccc2)CC1. The van der Waals surface area contributed by atoms with Crippen LogP contribution in [0.25, 0.3) is 0 Å². The summed E-state index contributed by atoms with van der Waals surface area (Å²) in [4.78, 5) is 14.0. The van der Waals surface area contributed by atoms with Gasteiger partial charge in [0.25, 0.3) is 0 Å². The number of amides is 2. The average molecular weight is 261 g/mol. The van der Waals surface area contributed by atoms with Crippen LogP contribution in [0.15, 0.2) is 30.3 Å². The van der Waals surface area contributed by atoms with E-state index in [-0.39, 0.29) is 11.6 Å². The molecular weight excluding hydrogens is 238 g/mol. The first kappa shape index (κ1) is 13.9. The van der Waals surface area contributed by atoms with Crippen molar-refractivity contribution in [3.63, 3.8) is 0 Å². The number of benzene rings is 1. The molecule has 0 aliphatic heterocycles. The van der Waals surface area contributed by atoms with Gasteiger partial charge in [-0.25, -0.2) is 4.79 Å². The van der Waals surface area contributed by atoms with Gasteiger partial charge in [-0.15, -0.1) is 0 Å². The van der Waals surface area contributed by atoms with E-state index in [1.54, 1.807) is 0 Å². The summed E-state index contributed by atoms with van der Waals surface area (Å²) in [7, 11) is 4.07. The van der Waals surface area contributed by atoms with E-state index in [0.29, 0.717) is 0 Å². The Kier molecular flexibility index (Phi) is 4.43. The maximum atomic E-state index is 11.9. The van der Waals surface area contributed by atoms with Crippen LogP contribution >= 0.6 is 0 Å². The number of nitrogens with zero attached hydrogens (tertiary/aromatic N) is 1. The molecule has 0 spiro atoms. The molecule has 0 heterocycles. The molecule has 1 aliphatic rings. The molecule has 1 aliphatic carbocycles. The second kappa shape index (κ2) is 6.06. The van der Waals surface area contributed by atoms with E-state index in [4.69, 9.17) is 0 Å². The predicted molar refractivity (Wildman–Crippen MR) is 77.1 cm³/mol. The first-order chi connectivity index (χ1) is 9.12. The third-order valence-electron chi connectivity index (χ3n) is 3.50. The standard InChI is InChI=1S/C15H23N3O/c1-18(2)12-6-11-16-14(19)17-15(9-10-15)13-7-4-3-5-8-13/h3-5,7-8H,6,9-12H2,1-2H3,(H2,16,17,19). The Bertz CT molecular complexity index is 413. The van der Waals surface area contributed by atoms with Gasteiger partial charge < -0.3 is 15.5 Å². The van der Waals surface area contributed by atoms with Crippen LogP contribution in [0.4, 0.5) is 4.79 Å². The minimum Gasteiger partial charge on any atom is -0.338 e. The van der Waals surface area contributed by atoms with E-state index in [1.165, 1.54) is 5.56 Å². The number of hydrogen-bond acceptors (Lipinski definition) is 2. The topological polar surface area (TPSA) is 44.4 Å². The third kappa shape index (κ3) is 3.96. The maximum Gasteiger partial charge on any atom is 0.315 e. The summed E-state index contributed by atoms with van der Waals surface area (Å²) in [6.07, 6.45) is 3.03. The molecule has 0 bridgehead atoms. The van der Waals surface area contributed by atoms with Crippen molar-refractivity contribution >= 4 is 6.03 Å². The summed E-state index contributed by atoms with van der Waals surface area (Å²) in [5, 5.41) is 6.04. The average Bonchev–Trinajstić information content (AvgIpc) is 3.16. The fourth-order valence-corrected chi connectivity index (χ4v) is 2.23. The van der Waals surface area contributed by atoms with Gasteiger partial charge in [-0.3, -0.25) is 0 Å². The molecule has 19 heavy (non-hydrogen) atoms. The van der Waals surface area contributed by atoms with E-state index >= 15 is 0 Å². The molecule has 4 heteroatoms. The highest BCUT2D eigenvalue weighted by atomic mass is 16.2. The van der Waals surface area contributed by atoms with Gasteiger partial charge in [0.2, 0.25) is 0 Å². The van der Waals surface area contributed by atoms with Gasteiger partial charge in [0.05, 0.1) is 5.54 Å². The van der Waals surface area contributed by atoms with Crippen molar-refractivity contribution in [3.8, 4) is 0 Å². The lowest BCUT2D eigenvalue weighted by Gasteiger charge is -2.18. The van der Waals surface area contributed by atoms with Crippen LogP contribution in [0.5, 0.6) is 0 Å². The van der Waals surface area contributed by atoms with Crippen LogP contribution < -0.4 is 10.6 Å². The van der Waals surface area contributed by atoms with Crippen LogP contribution in [0, 0.1) is 0 Å². The molecular formula is C15H23N3O. The lowest BCUT2D eigenvalue weighted by Crippen LogP contribution is -2.42. The summed E-state index contributed by atoms with van der Waals surface area (Å²) >= 11 is 0. The van der Waals surface area contributed by atoms with Gasteiger partial charge in [0.15, 0.2) is 0 Å². The van der Waals surface area contributed by atoms with Crippen LogP contribution in [-0.2, 0) is 5.54 Å². The third-order valence-corrected chi connectivity index (χ3v) is 3.50. The molecule has 2 N–H and O–H groups in total. The number of carbonyl (C=O) groups excluding carboxylic acids is 1. The summed E-state index contributed by atoms with van der Waals surface area (Å²) in [5.74, 6) is 0. The fourth-order valence-electron chi connectivity index (χ4n) is 2.23. The smallest absolute Gasteiger partial charge is 0.315 e. The van der Waals surface area contributed by atoms with Crippen molar-refractivity contribution in [2.24, 2.45) is 0 Å². The van der Waals surface area contributed by atoms with Gasteiger partial charge in [-0.05, 0) is 45.5 Å². The molecule has 1 aromatic rings. The van der Waals surface area contributed by atoms with Crippen molar-refractivity contribution in [1.29, 1.82) is 0 Å². The molecule has 2 amide bonds. The van der Waals surface area contributed by atoms with Crippen molar-refractivity contribution in [3.05, 3.63) is 35.9 Å².